The highest BCUT2D eigenvalue weighted by Crippen LogP contribution is 2.38. The molecule has 2 aromatic heterocycles. The van der Waals surface area contributed by atoms with Gasteiger partial charge in [-0.15, -0.1) is 0 Å². The van der Waals surface area contributed by atoms with Crippen molar-refractivity contribution in [2.24, 2.45) is 0 Å². The summed E-state index contributed by atoms with van der Waals surface area (Å²) in [5.74, 6) is 0.312. The van der Waals surface area contributed by atoms with Crippen molar-refractivity contribution in [1.29, 1.82) is 0 Å². The number of aromatic amines is 1. The van der Waals surface area contributed by atoms with Crippen LogP contribution >= 0.6 is 0 Å². The lowest BCUT2D eigenvalue weighted by Gasteiger charge is -2.13. The molecule has 0 spiro atoms. The number of benzene rings is 2. The fourth-order valence-electron chi connectivity index (χ4n) is 4.46. The van der Waals surface area contributed by atoms with Crippen molar-refractivity contribution in [2.45, 2.75) is 25.9 Å². The number of pyridine rings is 1. The summed E-state index contributed by atoms with van der Waals surface area (Å²) in [7, 11) is 1.34. The second kappa shape index (κ2) is 9.02. The molecule has 0 saturated carbocycles. The molecule has 1 aliphatic rings. The van der Waals surface area contributed by atoms with Crippen LogP contribution in [0.5, 0.6) is 5.75 Å². The number of esters is 1. The van der Waals surface area contributed by atoms with Gasteiger partial charge in [0.15, 0.2) is 0 Å². The first-order valence-electron chi connectivity index (χ1n) is 11.2. The van der Waals surface area contributed by atoms with Crippen molar-refractivity contribution in [3.05, 3.63) is 83.2 Å². The first-order valence-corrected chi connectivity index (χ1v) is 11.2. The number of fused-ring (bicyclic) bond motifs is 2. The number of amides is 1. The number of rotatable bonds is 6. The summed E-state index contributed by atoms with van der Waals surface area (Å²) in [6, 6.07) is 17.4. The molecule has 7 nitrogen and oxygen atoms in total. The molecule has 0 radical (unpaired) electrons. The fourth-order valence-corrected chi connectivity index (χ4v) is 4.46. The molecule has 0 unspecified atom stereocenters. The number of ether oxygens (including phenoxy) is 2. The number of hydrogen-bond donors (Lipinski definition) is 2. The predicted molar refractivity (Wildman–Crippen MR) is 129 cm³/mol. The van der Waals surface area contributed by atoms with Crippen LogP contribution in [0.1, 0.15) is 27.2 Å². The Balaban J connectivity index is 1.25. The van der Waals surface area contributed by atoms with Gasteiger partial charge in [0.25, 0.3) is 0 Å². The van der Waals surface area contributed by atoms with Gasteiger partial charge in [-0.2, -0.15) is 0 Å². The fraction of sp³-hybridized carbons (Fsp3) is 0.222. The van der Waals surface area contributed by atoms with Crippen LogP contribution in [0, 0.1) is 6.92 Å². The Hall–Kier alpha value is -4.13. The Morgan fingerprint density at radius 3 is 2.79 bits per heavy atom. The molecule has 0 bridgehead atoms. The lowest BCUT2D eigenvalue weighted by molar-refractivity contribution is -0.120. The smallest absolute Gasteiger partial charge is 0.339 e. The Bertz CT molecular complexity index is 1370. The molecule has 2 N–H and O–H groups in total. The highest BCUT2D eigenvalue weighted by Gasteiger charge is 2.26. The molecule has 0 aliphatic carbocycles. The van der Waals surface area contributed by atoms with Gasteiger partial charge in [-0.25, -0.2) is 4.79 Å². The summed E-state index contributed by atoms with van der Waals surface area (Å²) >= 11 is 0. The summed E-state index contributed by atoms with van der Waals surface area (Å²) in [6.45, 7) is 2.41. The van der Waals surface area contributed by atoms with Gasteiger partial charge in [-0.1, -0.05) is 30.3 Å². The van der Waals surface area contributed by atoms with E-state index in [0.717, 1.165) is 39.0 Å². The minimum atomic E-state index is -0.424. The molecule has 0 saturated heterocycles. The molecule has 4 aromatic rings. The SMILES string of the molecule is COC(=O)c1ccc(-c2cccc3c2O[C@H](CNC(=O)Cc2c(C)[nH]c4ccccc24)C3)nc1. The van der Waals surface area contributed by atoms with Crippen LogP contribution in [0.4, 0.5) is 0 Å². The van der Waals surface area contributed by atoms with Crippen molar-refractivity contribution in [3.8, 4) is 17.0 Å². The molecule has 1 aliphatic heterocycles. The molecular weight excluding hydrogens is 430 g/mol. The number of H-pyrrole nitrogens is 1. The minimum Gasteiger partial charge on any atom is -0.487 e. The van der Waals surface area contributed by atoms with Crippen molar-refractivity contribution < 1.29 is 19.1 Å². The molecule has 172 valence electrons. The molecule has 34 heavy (non-hydrogen) atoms. The molecule has 3 heterocycles. The average Bonchev–Trinajstić information content (AvgIpc) is 3.42. The van der Waals surface area contributed by atoms with Crippen LogP contribution in [0.3, 0.4) is 0 Å². The third-order valence-corrected chi connectivity index (χ3v) is 6.18. The first-order chi connectivity index (χ1) is 16.5. The van der Waals surface area contributed by atoms with Gasteiger partial charge in [-0.3, -0.25) is 9.78 Å². The maximum absolute atomic E-state index is 12.7. The molecular formula is C27H25N3O4. The zero-order valence-electron chi connectivity index (χ0n) is 19.1. The third-order valence-electron chi connectivity index (χ3n) is 6.18. The van der Waals surface area contributed by atoms with Crippen LogP contribution in [-0.2, 0) is 22.4 Å². The lowest BCUT2D eigenvalue weighted by Crippen LogP contribution is -2.35. The second-order valence-electron chi connectivity index (χ2n) is 8.42. The van der Waals surface area contributed by atoms with E-state index in [2.05, 4.69) is 15.3 Å². The van der Waals surface area contributed by atoms with E-state index in [1.54, 1.807) is 12.1 Å². The van der Waals surface area contributed by atoms with Crippen molar-refractivity contribution in [1.82, 2.24) is 15.3 Å². The van der Waals surface area contributed by atoms with E-state index < -0.39 is 5.97 Å². The summed E-state index contributed by atoms with van der Waals surface area (Å²) in [5, 5.41) is 4.11. The van der Waals surface area contributed by atoms with E-state index in [-0.39, 0.29) is 12.0 Å². The standard InChI is InChI=1S/C27H25N3O4/c1-16-22(20-7-3-4-9-24(20)30-16)13-25(31)29-15-19-12-17-6-5-8-21(26(17)34-19)23-11-10-18(14-28-23)27(32)33-2/h3-11,14,19,30H,12-13,15H2,1-2H3,(H,29,31)/t19-/m0/s1. The molecule has 2 aromatic carbocycles. The van der Waals surface area contributed by atoms with Gasteiger partial charge in [0.2, 0.25) is 5.91 Å². The minimum absolute atomic E-state index is 0.0345. The number of aromatic nitrogens is 2. The lowest BCUT2D eigenvalue weighted by atomic mass is 10.0. The topological polar surface area (TPSA) is 93.3 Å². The number of nitrogens with zero attached hydrogens (tertiary/aromatic N) is 1. The molecule has 0 fully saturated rings. The monoisotopic (exact) mass is 455 g/mol. The zero-order valence-corrected chi connectivity index (χ0v) is 19.1. The number of methoxy groups -OCH3 is 1. The Labute approximate surface area is 197 Å². The molecule has 7 heteroatoms. The molecule has 1 amide bonds. The van der Waals surface area contributed by atoms with Crippen molar-refractivity contribution in [2.75, 3.05) is 13.7 Å². The number of carbonyl (C=O) groups is 2. The number of carbonyl (C=O) groups excluding carboxylic acids is 2. The zero-order chi connectivity index (χ0) is 23.7. The summed E-state index contributed by atoms with van der Waals surface area (Å²) in [5.41, 5.74) is 6.11. The van der Waals surface area contributed by atoms with Crippen LogP contribution in [0.15, 0.2) is 60.8 Å². The van der Waals surface area contributed by atoms with Gasteiger partial charge < -0.3 is 19.8 Å². The second-order valence-corrected chi connectivity index (χ2v) is 8.42. The Morgan fingerprint density at radius 2 is 2.00 bits per heavy atom. The van der Waals surface area contributed by atoms with Crippen molar-refractivity contribution in [3.63, 3.8) is 0 Å². The number of aryl methyl sites for hydroxylation is 1. The van der Waals surface area contributed by atoms with Crippen LogP contribution in [0.2, 0.25) is 0 Å². The quantitative estimate of drug-likeness (QED) is 0.429. The van der Waals surface area contributed by atoms with E-state index in [1.165, 1.54) is 13.3 Å². The Morgan fingerprint density at radius 1 is 1.15 bits per heavy atom. The summed E-state index contributed by atoms with van der Waals surface area (Å²) in [4.78, 5) is 32.1. The number of nitrogens with one attached hydrogen (secondary N) is 2. The maximum atomic E-state index is 12.7. The Kier molecular flexibility index (Phi) is 5.76. The van der Waals surface area contributed by atoms with Crippen LogP contribution in [0.25, 0.3) is 22.2 Å². The largest absolute Gasteiger partial charge is 0.487 e. The number of hydrogen-bond acceptors (Lipinski definition) is 5. The first kappa shape index (κ1) is 21.7. The predicted octanol–water partition coefficient (Wildman–Crippen LogP) is 3.99. The van der Waals surface area contributed by atoms with Gasteiger partial charge in [0.05, 0.1) is 31.3 Å². The highest BCUT2D eigenvalue weighted by molar-refractivity contribution is 5.90. The van der Waals surface area contributed by atoms with Crippen LogP contribution < -0.4 is 10.1 Å². The van der Waals surface area contributed by atoms with Gasteiger partial charge >= 0.3 is 5.97 Å². The van der Waals surface area contributed by atoms with E-state index in [4.69, 9.17) is 9.47 Å². The van der Waals surface area contributed by atoms with E-state index in [9.17, 15) is 9.59 Å². The average molecular weight is 456 g/mol. The van der Waals surface area contributed by atoms with Gasteiger partial charge in [0, 0.05) is 34.8 Å². The van der Waals surface area contributed by atoms with Crippen molar-refractivity contribution >= 4 is 22.8 Å². The molecule has 5 rings (SSSR count). The van der Waals surface area contributed by atoms with E-state index in [0.29, 0.717) is 30.6 Å². The normalized spacial score (nSPS) is 14.5. The van der Waals surface area contributed by atoms with E-state index in [1.807, 2.05) is 49.4 Å². The number of para-hydroxylation sites is 2. The summed E-state index contributed by atoms with van der Waals surface area (Å²) in [6.07, 6.45) is 2.37. The van der Waals surface area contributed by atoms with Gasteiger partial charge in [0.1, 0.15) is 11.9 Å². The maximum Gasteiger partial charge on any atom is 0.339 e. The summed E-state index contributed by atoms with van der Waals surface area (Å²) < 4.78 is 11.0. The highest BCUT2D eigenvalue weighted by atomic mass is 16.5. The molecule has 1 atom stereocenters. The van der Waals surface area contributed by atoms with E-state index >= 15 is 0 Å². The third kappa shape index (κ3) is 4.12. The van der Waals surface area contributed by atoms with Gasteiger partial charge in [-0.05, 0) is 42.3 Å². The van der Waals surface area contributed by atoms with Crippen LogP contribution in [-0.4, -0.2) is 41.6 Å².